The first-order chi connectivity index (χ1) is 9.03. The second-order valence-electron chi connectivity index (χ2n) is 3.63. The number of halogens is 1. The average molecular weight is 343 g/mol. The van der Waals surface area contributed by atoms with Crippen LogP contribution < -0.4 is 9.46 Å². The number of hydrogen-bond acceptors (Lipinski definition) is 4. The van der Waals surface area contributed by atoms with Gasteiger partial charge in [0, 0.05) is 16.4 Å². The van der Waals surface area contributed by atoms with Crippen molar-refractivity contribution in [2.24, 2.45) is 0 Å². The van der Waals surface area contributed by atoms with E-state index in [2.05, 4.69) is 25.6 Å². The standard InChI is InChI=1S/C12H11BrN2O3S/c1-18-12-11(7-9(13)8-14-12)19(16,17)15-10-5-3-2-4-6-10/h2-8,15H,1H3. The first-order valence-corrected chi connectivity index (χ1v) is 7.58. The molecule has 0 fully saturated rings. The Kier molecular flexibility index (Phi) is 4.06. The van der Waals surface area contributed by atoms with E-state index in [4.69, 9.17) is 4.74 Å². The molecule has 0 unspecified atom stereocenters. The van der Waals surface area contributed by atoms with E-state index >= 15 is 0 Å². The molecule has 0 atom stereocenters. The van der Waals surface area contributed by atoms with Crippen LogP contribution in [0.5, 0.6) is 5.88 Å². The van der Waals surface area contributed by atoms with Crippen LogP contribution in [0.25, 0.3) is 0 Å². The highest BCUT2D eigenvalue weighted by Crippen LogP contribution is 2.26. The van der Waals surface area contributed by atoms with Crippen LogP contribution in [0.4, 0.5) is 5.69 Å². The van der Waals surface area contributed by atoms with Gasteiger partial charge in [0.2, 0.25) is 5.88 Å². The molecule has 5 nitrogen and oxygen atoms in total. The van der Waals surface area contributed by atoms with Gasteiger partial charge in [-0.25, -0.2) is 13.4 Å². The summed E-state index contributed by atoms with van der Waals surface area (Å²) in [6, 6.07) is 10.1. The normalized spacial score (nSPS) is 11.1. The van der Waals surface area contributed by atoms with Gasteiger partial charge >= 0.3 is 0 Å². The summed E-state index contributed by atoms with van der Waals surface area (Å²) in [6.07, 6.45) is 1.47. The zero-order valence-corrected chi connectivity index (χ0v) is 12.4. The van der Waals surface area contributed by atoms with Crippen molar-refractivity contribution in [3.05, 3.63) is 47.1 Å². The van der Waals surface area contributed by atoms with E-state index in [9.17, 15) is 8.42 Å². The number of anilines is 1. The Labute approximate surface area is 119 Å². The second-order valence-corrected chi connectivity index (χ2v) is 6.20. The fraction of sp³-hybridized carbons (Fsp3) is 0.0833. The van der Waals surface area contributed by atoms with E-state index in [0.717, 1.165) is 0 Å². The second kappa shape index (κ2) is 5.58. The van der Waals surface area contributed by atoms with E-state index in [1.807, 2.05) is 0 Å². The van der Waals surface area contributed by atoms with Crippen LogP contribution in [-0.4, -0.2) is 20.5 Å². The number of ether oxygens (including phenoxy) is 1. The molecule has 1 aromatic heterocycles. The molecular formula is C12H11BrN2O3S. The molecule has 0 spiro atoms. The van der Waals surface area contributed by atoms with Crippen molar-refractivity contribution in [3.63, 3.8) is 0 Å². The van der Waals surface area contributed by atoms with E-state index in [1.54, 1.807) is 30.3 Å². The molecule has 0 saturated carbocycles. The number of rotatable bonds is 4. The molecule has 0 aliphatic carbocycles. The lowest BCUT2D eigenvalue weighted by Gasteiger charge is -2.10. The number of sulfonamides is 1. The minimum absolute atomic E-state index is 0.0202. The van der Waals surface area contributed by atoms with Gasteiger partial charge in [-0.2, -0.15) is 0 Å². The molecular weight excluding hydrogens is 332 g/mol. The quantitative estimate of drug-likeness (QED) is 0.927. The molecule has 1 heterocycles. The molecule has 0 amide bonds. The van der Waals surface area contributed by atoms with Crippen LogP contribution >= 0.6 is 15.9 Å². The maximum atomic E-state index is 12.3. The maximum Gasteiger partial charge on any atom is 0.267 e. The van der Waals surface area contributed by atoms with E-state index in [1.165, 1.54) is 19.4 Å². The van der Waals surface area contributed by atoms with Crippen LogP contribution in [0, 0.1) is 0 Å². The average Bonchev–Trinajstić information content (AvgIpc) is 2.39. The van der Waals surface area contributed by atoms with Crippen molar-refractivity contribution in [3.8, 4) is 5.88 Å². The molecule has 0 radical (unpaired) electrons. The molecule has 7 heteroatoms. The number of methoxy groups -OCH3 is 1. The predicted octanol–water partition coefficient (Wildman–Crippen LogP) is 2.65. The minimum atomic E-state index is -3.75. The van der Waals surface area contributed by atoms with E-state index < -0.39 is 10.0 Å². The zero-order chi connectivity index (χ0) is 13.9. The third-order valence-electron chi connectivity index (χ3n) is 2.29. The first kappa shape index (κ1) is 13.8. The van der Waals surface area contributed by atoms with Gasteiger partial charge < -0.3 is 4.74 Å². The fourth-order valence-electron chi connectivity index (χ4n) is 1.47. The largest absolute Gasteiger partial charge is 0.480 e. The molecule has 100 valence electrons. The van der Waals surface area contributed by atoms with Gasteiger partial charge in [0.05, 0.1) is 7.11 Å². The predicted molar refractivity (Wildman–Crippen MR) is 75.7 cm³/mol. The van der Waals surface area contributed by atoms with Gasteiger partial charge in [0.15, 0.2) is 4.90 Å². The Hall–Kier alpha value is -1.60. The summed E-state index contributed by atoms with van der Waals surface area (Å²) in [4.78, 5) is 3.90. The SMILES string of the molecule is COc1ncc(Br)cc1S(=O)(=O)Nc1ccccc1. The van der Waals surface area contributed by atoms with Crippen LogP contribution in [0.3, 0.4) is 0 Å². The molecule has 1 N–H and O–H groups in total. The first-order valence-electron chi connectivity index (χ1n) is 5.30. The third-order valence-corrected chi connectivity index (χ3v) is 4.10. The Morgan fingerprint density at radius 2 is 1.95 bits per heavy atom. The molecule has 2 rings (SSSR count). The molecule has 19 heavy (non-hydrogen) atoms. The number of para-hydroxylation sites is 1. The lowest BCUT2D eigenvalue weighted by atomic mass is 10.3. The van der Waals surface area contributed by atoms with Crippen LogP contribution in [0.15, 0.2) is 52.0 Å². The Morgan fingerprint density at radius 1 is 1.26 bits per heavy atom. The van der Waals surface area contributed by atoms with Crippen molar-refractivity contribution in [1.82, 2.24) is 4.98 Å². The van der Waals surface area contributed by atoms with Crippen LogP contribution in [0.2, 0.25) is 0 Å². The molecule has 2 aromatic rings. The van der Waals surface area contributed by atoms with Gasteiger partial charge in [0.25, 0.3) is 10.0 Å². The van der Waals surface area contributed by atoms with Gasteiger partial charge in [-0.05, 0) is 34.1 Å². The number of benzene rings is 1. The van der Waals surface area contributed by atoms with Gasteiger partial charge in [0.1, 0.15) is 0 Å². The molecule has 1 aromatic carbocycles. The van der Waals surface area contributed by atoms with E-state index in [-0.39, 0.29) is 10.8 Å². The van der Waals surface area contributed by atoms with Crippen molar-refractivity contribution in [1.29, 1.82) is 0 Å². The summed E-state index contributed by atoms with van der Waals surface area (Å²) in [5.74, 6) is 0.0478. The number of nitrogens with one attached hydrogen (secondary N) is 1. The summed E-state index contributed by atoms with van der Waals surface area (Å²) in [7, 11) is -2.37. The highest BCUT2D eigenvalue weighted by Gasteiger charge is 2.21. The van der Waals surface area contributed by atoms with Crippen molar-refractivity contribution in [2.45, 2.75) is 4.90 Å². The Balaban J connectivity index is 2.42. The number of aromatic nitrogens is 1. The summed E-state index contributed by atoms with van der Waals surface area (Å²) < 4.78 is 32.6. The van der Waals surface area contributed by atoms with Gasteiger partial charge in [-0.15, -0.1) is 0 Å². The third kappa shape index (κ3) is 3.24. The topological polar surface area (TPSA) is 68.3 Å². The number of hydrogen-bond donors (Lipinski definition) is 1. The van der Waals surface area contributed by atoms with Crippen molar-refractivity contribution in [2.75, 3.05) is 11.8 Å². The van der Waals surface area contributed by atoms with Gasteiger partial charge in [-0.3, -0.25) is 4.72 Å². The van der Waals surface area contributed by atoms with Gasteiger partial charge in [-0.1, -0.05) is 18.2 Å². The molecule has 0 aliphatic rings. The number of nitrogens with zero attached hydrogens (tertiary/aromatic N) is 1. The van der Waals surface area contributed by atoms with Crippen molar-refractivity contribution < 1.29 is 13.2 Å². The minimum Gasteiger partial charge on any atom is -0.480 e. The summed E-state index contributed by atoms with van der Waals surface area (Å²) in [5, 5.41) is 0. The highest BCUT2D eigenvalue weighted by atomic mass is 79.9. The van der Waals surface area contributed by atoms with Crippen LogP contribution in [0.1, 0.15) is 0 Å². The van der Waals surface area contributed by atoms with E-state index in [0.29, 0.717) is 10.2 Å². The lowest BCUT2D eigenvalue weighted by Crippen LogP contribution is -2.14. The maximum absolute atomic E-state index is 12.3. The summed E-state index contributed by atoms with van der Waals surface area (Å²) >= 11 is 3.19. The van der Waals surface area contributed by atoms with Crippen LogP contribution in [-0.2, 0) is 10.0 Å². The monoisotopic (exact) mass is 342 g/mol. The highest BCUT2D eigenvalue weighted by molar-refractivity contribution is 9.10. The Bertz CT molecular complexity index is 675. The fourth-order valence-corrected chi connectivity index (χ4v) is 3.16. The number of pyridine rings is 1. The Morgan fingerprint density at radius 3 is 2.58 bits per heavy atom. The van der Waals surface area contributed by atoms with Crippen molar-refractivity contribution >= 4 is 31.6 Å². The smallest absolute Gasteiger partial charge is 0.267 e. The molecule has 0 aliphatic heterocycles. The lowest BCUT2D eigenvalue weighted by molar-refractivity contribution is 0.385. The molecule has 0 saturated heterocycles. The summed E-state index contributed by atoms with van der Waals surface area (Å²) in [6.45, 7) is 0. The zero-order valence-electron chi connectivity index (χ0n) is 10.00. The summed E-state index contributed by atoms with van der Waals surface area (Å²) in [5.41, 5.74) is 0.476. The molecule has 0 bridgehead atoms.